The molecule has 0 saturated carbocycles. The van der Waals surface area contributed by atoms with Crippen LogP contribution in [0.3, 0.4) is 0 Å². The molecule has 32 heavy (non-hydrogen) atoms. The second-order valence-electron chi connectivity index (χ2n) is 8.74. The summed E-state index contributed by atoms with van der Waals surface area (Å²) < 4.78 is 11.1. The minimum atomic E-state index is -0.190. The third-order valence-corrected chi connectivity index (χ3v) is 5.86. The van der Waals surface area contributed by atoms with E-state index in [0.29, 0.717) is 34.0 Å². The van der Waals surface area contributed by atoms with Gasteiger partial charge in [0.15, 0.2) is 0 Å². The molecule has 0 fully saturated rings. The van der Waals surface area contributed by atoms with Gasteiger partial charge in [0.1, 0.15) is 22.9 Å². The summed E-state index contributed by atoms with van der Waals surface area (Å²) in [4.78, 5) is 14.0. The van der Waals surface area contributed by atoms with Crippen molar-refractivity contribution in [3.63, 3.8) is 0 Å². The first-order valence-electron chi connectivity index (χ1n) is 11.0. The van der Waals surface area contributed by atoms with Gasteiger partial charge in [0, 0.05) is 11.1 Å². The Morgan fingerprint density at radius 3 is 1.44 bits per heavy atom. The largest absolute Gasteiger partial charge is 0.360 e. The predicted molar refractivity (Wildman–Crippen MR) is 125 cm³/mol. The van der Waals surface area contributed by atoms with Crippen LogP contribution in [0.2, 0.25) is 0 Å². The molecule has 2 heterocycles. The van der Waals surface area contributed by atoms with Crippen LogP contribution in [0.15, 0.2) is 57.6 Å². The Hall–Kier alpha value is -3.47. The summed E-state index contributed by atoms with van der Waals surface area (Å²) in [6.45, 7) is 12.0. The lowest BCUT2D eigenvalue weighted by Gasteiger charge is -2.13. The van der Waals surface area contributed by atoms with E-state index in [1.165, 1.54) is 0 Å². The maximum Gasteiger partial charge on any atom is 0.204 e. The van der Waals surface area contributed by atoms with Crippen molar-refractivity contribution in [1.29, 1.82) is 0 Å². The first-order valence-corrected chi connectivity index (χ1v) is 11.0. The van der Waals surface area contributed by atoms with Gasteiger partial charge in [-0.15, -0.1) is 0 Å². The maximum atomic E-state index is 14.0. The smallest absolute Gasteiger partial charge is 0.204 e. The molecule has 164 valence electrons. The van der Waals surface area contributed by atoms with E-state index in [-0.39, 0.29) is 17.6 Å². The van der Waals surface area contributed by atoms with Crippen LogP contribution in [0.5, 0.6) is 0 Å². The summed E-state index contributed by atoms with van der Waals surface area (Å²) >= 11 is 0. The van der Waals surface area contributed by atoms with E-state index in [1.54, 1.807) is 13.8 Å². The molecule has 0 radical (unpaired) electrons. The molecule has 0 aliphatic heterocycles. The van der Waals surface area contributed by atoms with Crippen molar-refractivity contribution < 1.29 is 13.8 Å². The van der Waals surface area contributed by atoms with Crippen molar-refractivity contribution >= 4 is 5.78 Å². The van der Waals surface area contributed by atoms with Crippen LogP contribution in [0.4, 0.5) is 0 Å². The number of rotatable bonds is 6. The molecule has 2 aromatic heterocycles. The second kappa shape index (κ2) is 8.58. The number of carbonyl (C=O) groups excluding carboxylic acids is 1. The highest BCUT2D eigenvalue weighted by Crippen LogP contribution is 2.37. The molecule has 0 N–H and O–H groups in total. The van der Waals surface area contributed by atoms with Crippen LogP contribution in [0, 0.1) is 13.8 Å². The number of benzene rings is 2. The van der Waals surface area contributed by atoms with Gasteiger partial charge in [-0.25, -0.2) is 0 Å². The lowest BCUT2D eigenvalue weighted by Crippen LogP contribution is -2.07. The summed E-state index contributed by atoms with van der Waals surface area (Å²) in [5.41, 5.74) is 6.05. The highest BCUT2D eigenvalue weighted by molar-refractivity contribution is 6.16. The molecule has 0 spiro atoms. The monoisotopic (exact) mass is 428 g/mol. The average molecular weight is 429 g/mol. The van der Waals surface area contributed by atoms with Crippen LogP contribution < -0.4 is 0 Å². The minimum Gasteiger partial charge on any atom is -0.360 e. The topological polar surface area (TPSA) is 69.1 Å². The van der Waals surface area contributed by atoms with Gasteiger partial charge in [0.2, 0.25) is 5.78 Å². The molecule has 4 rings (SSSR count). The fourth-order valence-corrected chi connectivity index (χ4v) is 4.20. The fraction of sp³-hybridized carbons (Fsp3) is 0.296. The van der Waals surface area contributed by atoms with Crippen molar-refractivity contribution in [2.24, 2.45) is 0 Å². The van der Waals surface area contributed by atoms with Crippen molar-refractivity contribution in [1.82, 2.24) is 10.3 Å². The number of aromatic nitrogens is 2. The number of aryl methyl sites for hydroxylation is 2. The SMILES string of the molecule is Cc1onc(-c2ccccc2C(C)C)c1C(=O)c1c(-c2ccccc2C(C)C)noc1C. The number of carbonyl (C=O) groups is 1. The van der Waals surface area contributed by atoms with Crippen molar-refractivity contribution in [2.45, 2.75) is 53.4 Å². The summed E-state index contributed by atoms with van der Waals surface area (Å²) in [5, 5.41) is 8.58. The number of hydrogen-bond acceptors (Lipinski definition) is 5. The van der Waals surface area contributed by atoms with Gasteiger partial charge < -0.3 is 9.05 Å². The summed E-state index contributed by atoms with van der Waals surface area (Å²) in [5.74, 6) is 1.32. The van der Waals surface area contributed by atoms with Gasteiger partial charge in [0.05, 0.1) is 11.1 Å². The quantitative estimate of drug-likeness (QED) is 0.307. The zero-order valence-corrected chi connectivity index (χ0v) is 19.4. The molecule has 0 bridgehead atoms. The van der Waals surface area contributed by atoms with Crippen molar-refractivity contribution in [2.75, 3.05) is 0 Å². The second-order valence-corrected chi connectivity index (χ2v) is 8.74. The van der Waals surface area contributed by atoms with Gasteiger partial charge in [-0.3, -0.25) is 4.79 Å². The summed E-state index contributed by atoms with van der Waals surface area (Å²) in [6, 6.07) is 16.0. The first kappa shape index (κ1) is 21.8. The summed E-state index contributed by atoms with van der Waals surface area (Å²) in [7, 11) is 0. The van der Waals surface area contributed by atoms with Crippen LogP contribution in [0.25, 0.3) is 22.5 Å². The zero-order chi connectivity index (χ0) is 23.0. The molecule has 0 aliphatic carbocycles. The average Bonchev–Trinajstić information content (AvgIpc) is 3.35. The lowest BCUT2D eigenvalue weighted by atomic mass is 9.89. The van der Waals surface area contributed by atoms with E-state index in [0.717, 1.165) is 22.3 Å². The number of nitrogens with zero attached hydrogens (tertiary/aromatic N) is 2. The number of ketones is 1. The van der Waals surface area contributed by atoms with E-state index >= 15 is 0 Å². The van der Waals surface area contributed by atoms with Crippen LogP contribution in [-0.2, 0) is 0 Å². The Balaban J connectivity index is 1.90. The molecule has 5 nitrogen and oxygen atoms in total. The van der Waals surface area contributed by atoms with E-state index < -0.39 is 0 Å². The Labute approximate surface area is 188 Å². The minimum absolute atomic E-state index is 0.190. The van der Waals surface area contributed by atoms with Gasteiger partial charge >= 0.3 is 0 Å². The Kier molecular flexibility index (Phi) is 5.83. The van der Waals surface area contributed by atoms with Gasteiger partial charge in [-0.2, -0.15) is 0 Å². The zero-order valence-electron chi connectivity index (χ0n) is 19.4. The molecule has 5 heteroatoms. The van der Waals surface area contributed by atoms with Gasteiger partial charge in [-0.05, 0) is 36.8 Å². The normalized spacial score (nSPS) is 11.5. The third kappa shape index (κ3) is 3.68. The first-order chi connectivity index (χ1) is 15.3. The van der Waals surface area contributed by atoms with Crippen LogP contribution >= 0.6 is 0 Å². The Morgan fingerprint density at radius 2 is 1.06 bits per heavy atom. The van der Waals surface area contributed by atoms with E-state index in [1.807, 2.05) is 36.4 Å². The van der Waals surface area contributed by atoms with Crippen LogP contribution in [-0.4, -0.2) is 16.1 Å². The maximum absolute atomic E-state index is 14.0. The highest BCUT2D eigenvalue weighted by atomic mass is 16.5. The number of hydrogen-bond donors (Lipinski definition) is 0. The molecule has 4 aromatic rings. The van der Waals surface area contributed by atoms with Crippen molar-refractivity contribution in [3.05, 3.63) is 82.3 Å². The molecule has 2 aromatic carbocycles. The van der Waals surface area contributed by atoms with Crippen LogP contribution in [0.1, 0.15) is 78.1 Å². The summed E-state index contributed by atoms with van der Waals surface area (Å²) in [6.07, 6.45) is 0. The van der Waals surface area contributed by atoms with Gasteiger partial charge in [-0.1, -0.05) is 86.5 Å². The third-order valence-electron chi connectivity index (χ3n) is 5.86. The fourth-order valence-electron chi connectivity index (χ4n) is 4.20. The van der Waals surface area contributed by atoms with Crippen molar-refractivity contribution in [3.8, 4) is 22.5 Å². The van der Waals surface area contributed by atoms with E-state index in [2.05, 4.69) is 50.1 Å². The van der Waals surface area contributed by atoms with Gasteiger partial charge in [0.25, 0.3) is 0 Å². The molecular weight excluding hydrogens is 400 g/mol. The molecule has 0 amide bonds. The Bertz CT molecular complexity index is 1180. The molecule has 0 aliphatic rings. The lowest BCUT2D eigenvalue weighted by molar-refractivity contribution is 0.103. The predicted octanol–water partition coefficient (Wildman–Crippen LogP) is 7.09. The van der Waals surface area contributed by atoms with E-state index in [9.17, 15) is 4.79 Å². The molecule has 0 saturated heterocycles. The molecule has 0 atom stereocenters. The standard InChI is InChI=1S/C27H28N2O3/c1-15(2)19-11-7-9-13-21(19)25-23(17(5)31-28-25)27(30)24-18(6)32-29-26(24)22-14-10-8-12-20(22)16(3)4/h7-16H,1-6H3. The Morgan fingerprint density at radius 1 is 0.688 bits per heavy atom. The molecular formula is C27H28N2O3. The highest BCUT2D eigenvalue weighted by Gasteiger charge is 2.31. The van der Waals surface area contributed by atoms with E-state index in [4.69, 9.17) is 9.05 Å². The molecule has 0 unspecified atom stereocenters.